The molecule has 1 N–H and O–H groups in total. The highest BCUT2D eigenvalue weighted by Crippen LogP contribution is 2.30. The molecule has 4 heteroatoms. The van der Waals surface area contributed by atoms with Crippen LogP contribution in [0.1, 0.15) is 37.1 Å². The van der Waals surface area contributed by atoms with Gasteiger partial charge in [0.1, 0.15) is 0 Å². The Kier molecular flexibility index (Phi) is 4.86. The molecule has 1 saturated heterocycles. The second-order valence-corrected chi connectivity index (χ2v) is 8.10. The Morgan fingerprint density at radius 1 is 1.05 bits per heavy atom. The first-order valence-electron chi connectivity index (χ1n) is 7.59. The highest BCUT2D eigenvalue weighted by Gasteiger charge is 2.11. The van der Waals surface area contributed by atoms with Crippen LogP contribution < -0.4 is 10.2 Å². The number of hydrogen-bond acceptors (Lipinski definition) is 3. The highest BCUT2D eigenvalue weighted by atomic mass is 79.9. The summed E-state index contributed by atoms with van der Waals surface area (Å²) in [6.45, 7) is 4.61. The van der Waals surface area contributed by atoms with Crippen LogP contribution in [-0.2, 0) is 0 Å². The summed E-state index contributed by atoms with van der Waals surface area (Å²) in [4.78, 5) is 3.84. The molecule has 2 heterocycles. The second kappa shape index (κ2) is 6.84. The lowest BCUT2D eigenvalue weighted by Crippen LogP contribution is -2.29. The fourth-order valence-corrected chi connectivity index (χ4v) is 4.23. The van der Waals surface area contributed by atoms with E-state index >= 15 is 0 Å². The first-order valence-corrected chi connectivity index (χ1v) is 9.20. The van der Waals surface area contributed by atoms with E-state index in [1.165, 1.54) is 52.4 Å². The van der Waals surface area contributed by atoms with Crippen molar-refractivity contribution in [2.45, 2.75) is 32.2 Å². The second-order valence-electron chi connectivity index (χ2n) is 5.60. The number of thiophene rings is 1. The summed E-state index contributed by atoms with van der Waals surface area (Å²) in [5.41, 5.74) is 2.54. The molecular formula is C17H21BrN2S. The largest absolute Gasteiger partial charge is 0.378 e. The molecule has 1 aromatic heterocycles. The van der Waals surface area contributed by atoms with E-state index in [0.29, 0.717) is 6.04 Å². The molecule has 3 rings (SSSR count). The van der Waals surface area contributed by atoms with Crippen molar-refractivity contribution in [3.8, 4) is 0 Å². The Labute approximate surface area is 139 Å². The maximum absolute atomic E-state index is 3.57. The highest BCUT2D eigenvalue weighted by molar-refractivity contribution is 9.11. The molecule has 1 atom stereocenters. The third kappa shape index (κ3) is 3.80. The van der Waals surface area contributed by atoms with E-state index in [0.717, 1.165) is 0 Å². The molecule has 21 heavy (non-hydrogen) atoms. The lowest BCUT2D eigenvalue weighted by atomic mass is 10.1. The number of nitrogens with one attached hydrogen (secondary N) is 1. The van der Waals surface area contributed by atoms with Gasteiger partial charge in [-0.15, -0.1) is 11.3 Å². The molecule has 1 aromatic carbocycles. The minimum absolute atomic E-state index is 0.335. The fraction of sp³-hybridized carbons (Fsp3) is 0.412. The molecule has 0 aliphatic carbocycles. The van der Waals surface area contributed by atoms with E-state index in [1.54, 1.807) is 11.3 Å². The molecule has 0 amide bonds. The predicted molar refractivity (Wildman–Crippen MR) is 96.6 cm³/mol. The molecule has 0 saturated carbocycles. The minimum atomic E-state index is 0.335. The van der Waals surface area contributed by atoms with Crippen molar-refractivity contribution in [3.63, 3.8) is 0 Å². The number of benzene rings is 1. The van der Waals surface area contributed by atoms with Crippen molar-refractivity contribution in [1.82, 2.24) is 0 Å². The summed E-state index contributed by atoms with van der Waals surface area (Å²) in [5.74, 6) is 0. The van der Waals surface area contributed by atoms with E-state index in [1.807, 2.05) is 0 Å². The van der Waals surface area contributed by atoms with Crippen LogP contribution in [0, 0.1) is 0 Å². The van der Waals surface area contributed by atoms with Crippen LogP contribution in [0.3, 0.4) is 0 Å². The van der Waals surface area contributed by atoms with Crippen molar-refractivity contribution in [2.24, 2.45) is 0 Å². The monoisotopic (exact) mass is 364 g/mol. The smallest absolute Gasteiger partial charge is 0.0702 e. The number of anilines is 2. The van der Waals surface area contributed by atoms with Gasteiger partial charge in [0, 0.05) is 29.3 Å². The SMILES string of the molecule is CC(Nc1ccc(N2CCCCC2)cc1)c1ccc(Br)s1. The van der Waals surface area contributed by atoms with E-state index in [-0.39, 0.29) is 0 Å². The summed E-state index contributed by atoms with van der Waals surface area (Å²) < 4.78 is 1.19. The minimum Gasteiger partial charge on any atom is -0.378 e. The number of hydrogen-bond donors (Lipinski definition) is 1. The van der Waals surface area contributed by atoms with Gasteiger partial charge in [-0.05, 0) is 78.5 Å². The molecule has 1 aliphatic heterocycles. The summed E-state index contributed by atoms with van der Waals surface area (Å²) in [6.07, 6.45) is 4.03. The zero-order chi connectivity index (χ0) is 14.7. The Morgan fingerprint density at radius 3 is 2.38 bits per heavy atom. The first kappa shape index (κ1) is 14.9. The molecule has 2 aromatic rings. The van der Waals surface area contributed by atoms with E-state index < -0.39 is 0 Å². The van der Waals surface area contributed by atoms with Gasteiger partial charge in [-0.2, -0.15) is 0 Å². The molecule has 1 aliphatic rings. The van der Waals surface area contributed by atoms with Crippen LogP contribution in [0.25, 0.3) is 0 Å². The van der Waals surface area contributed by atoms with Gasteiger partial charge in [-0.25, -0.2) is 0 Å². The molecule has 112 valence electrons. The summed E-state index contributed by atoms with van der Waals surface area (Å²) in [6, 6.07) is 13.5. The van der Waals surface area contributed by atoms with Crippen molar-refractivity contribution >= 4 is 38.6 Å². The summed E-state index contributed by atoms with van der Waals surface area (Å²) in [5, 5.41) is 3.57. The van der Waals surface area contributed by atoms with Gasteiger partial charge >= 0.3 is 0 Å². The van der Waals surface area contributed by atoms with Gasteiger partial charge in [-0.1, -0.05) is 0 Å². The number of piperidine rings is 1. The predicted octanol–water partition coefficient (Wildman–Crippen LogP) is 5.67. The Hall–Kier alpha value is -1.000. The van der Waals surface area contributed by atoms with Crippen LogP contribution in [0.5, 0.6) is 0 Å². The maximum Gasteiger partial charge on any atom is 0.0702 e. The van der Waals surface area contributed by atoms with E-state index in [9.17, 15) is 0 Å². The van der Waals surface area contributed by atoms with Crippen molar-refractivity contribution in [2.75, 3.05) is 23.3 Å². The average molecular weight is 365 g/mol. The molecule has 2 nitrogen and oxygen atoms in total. The average Bonchev–Trinajstić information content (AvgIpc) is 2.96. The molecule has 0 spiro atoms. The Bertz CT molecular complexity index is 573. The van der Waals surface area contributed by atoms with Crippen molar-refractivity contribution in [3.05, 3.63) is 45.1 Å². The van der Waals surface area contributed by atoms with Crippen LogP contribution in [0.2, 0.25) is 0 Å². The molecule has 1 fully saturated rings. The number of nitrogens with zero attached hydrogens (tertiary/aromatic N) is 1. The summed E-state index contributed by atoms with van der Waals surface area (Å²) in [7, 11) is 0. The lowest BCUT2D eigenvalue weighted by molar-refractivity contribution is 0.578. The van der Waals surface area contributed by atoms with Gasteiger partial charge in [-0.3, -0.25) is 0 Å². The summed E-state index contributed by atoms with van der Waals surface area (Å²) >= 11 is 5.31. The topological polar surface area (TPSA) is 15.3 Å². The molecular weight excluding hydrogens is 344 g/mol. The molecule has 1 unspecified atom stereocenters. The zero-order valence-electron chi connectivity index (χ0n) is 12.3. The quantitative estimate of drug-likeness (QED) is 0.751. The third-order valence-electron chi connectivity index (χ3n) is 3.99. The first-order chi connectivity index (χ1) is 10.2. The van der Waals surface area contributed by atoms with Crippen LogP contribution in [0.15, 0.2) is 40.2 Å². The van der Waals surface area contributed by atoms with Crippen LogP contribution >= 0.6 is 27.3 Å². The Balaban J connectivity index is 1.63. The van der Waals surface area contributed by atoms with Crippen molar-refractivity contribution in [1.29, 1.82) is 0 Å². The normalized spacial score (nSPS) is 16.8. The van der Waals surface area contributed by atoms with Gasteiger partial charge in [0.2, 0.25) is 0 Å². The van der Waals surface area contributed by atoms with Crippen molar-refractivity contribution < 1.29 is 0 Å². The van der Waals surface area contributed by atoms with Crippen LogP contribution in [0.4, 0.5) is 11.4 Å². The zero-order valence-corrected chi connectivity index (χ0v) is 14.7. The lowest BCUT2D eigenvalue weighted by Gasteiger charge is -2.29. The third-order valence-corrected chi connectivity index (χ3v) is 5.80. The number of rotatable bonds is 4. The molecule has 0 bridgehead atoms. The number of halogens is 1. The fourth-order valence-electron chi connectivity index (χ4n) is 2.80. The maximum atomic E-state index is 3.57. The van der Waals surface area contributed by atoms with E-state index in [2.05, 4.69) is 69.5 Å². The van der Waals surface area contributed by atoms with Gasteiger partial charge < -0.3 is 10.2 Å². The standard InChI is InChI=1S/C17H21BrN2S/c1-13(16-9-10-17(18)21-16)19-14-5-7-15(8-6-14)20-11-3-2-4-12-20/h5-10,13,19H,2-4,11-12H2,1H3. The van der Waals surface area contributed by atoms with E-state index in [4.69, 9.17) is 0 Å². The molecule has 0 radical (unpaired) electrons. The van der Waals surface area contributed by atoms with Crippen LogP contribution in [-0.4, -0.2) is 13.1 Å². The van der Waals surface area contributed by atoms with Gasteiger partial charge in [0.15, 0.2) is 0 Å². The van der Waals surface area contributed by atoms with Gasteiger partial charge in [0.05, 0.1) is 9.83 Å². The Morgan fingerprint density at radius 2 is 1.76 bits per heavy atom. The van der Waals surface area contributed by atoms with Gasteiger partial charge in [0.25, 0.3) is 0 Å².